The molecule has 110 valence electrons. The van der Waals surface area contributed by atoms with Crippen LogP contribution in [0.3, 0.4) is 0 Å². The number of aliphatic hydroxyl groups is 1. The normalized spacial score (nSPS) is 16.4. The first-order valence-corrected chi connectivity index (χ1v) is 7.21. The zero-order valence-corrected chi connectivity index (χ0v) is 12.3. The van der Waals surface area contributed by atoms with E-state index in [1.807, 2.05) is 7.05 Å². The fourth-order valence-electron chi connectivity index (χ4n) is 1.85. The summed E-state index contributed by atoms with van der Waals surface area (Å²) in [6.45, 7) is 3.34. The average molecular weight is 298 g/mol. The molecule has 1 aromatic heterocycles. The quantitative estimate of drug-likeness (QED) is 0.658. The van der Waals surface area contributed by atoms with E-state index in [-0.39, 0.29) is 6.54 Å². The maximum Gasteiger partial charge on any atom is 0.315 e. The summed E-state index contributed by atoms with van der Waals surface area (Å²) in [7, 11) is 2.03. The Labute approximate surface area is 121 Å². The first-order chi connectivity index (χ1) is 9.45. The van der Waals surface area contributed by atoms with E-state index in [1.54, 1.807) is 0 Å². The van der Waals surface area contributed by atoms with Crippen molar-refractivity contribution in [1.82, 2.24) is 15.2 Å². The zero-order valence-electron chi connectivity index (χ0n) is 11.5. The first kappa shape index (κ1) is 14.9. The van der Waals surface area contributed by atoms with E-state index in [4.69, 9.17) is 5.11 Å². The number of anilines is 1. The summed E-state index contributed by atoms with van der Waals surface area (Å²) < 4.78 is 0. The Morgan fingerprint density at radius 3 is 2.95 bits per heavy atom. The summed E-state index contributed by atoms with van der Waals surface area (Å²) in [4.78, 5) is 30.8. The lowest BCUT2D eigenvalue weighted by molar-refractivity contribution is -0.136. The summed E-state index contributed by atoms with van der Waals surface area (Å²) >= 11 is 1.40. The second-order valence-electron chi connectivity index (χ2n) is 4.89. The van der Waals surface area contributed by atoms with Gasteiger partial charge >= 0.3 is 11.8 Å². The lowest BCUT2D eigenvalue weighted by Crippen LogP contribution is -2.38. The summed E-state index contributed by atoms with van der Waals surface area (Å²) in [5.74, 6) is -1.53. The number of amides is 2. The number of hydrogen-bond acceptors (Lipinski definition) is 6. The number of aromatic nitrogens is 1. The number of rotatable bonds is 3. The van der Waals surface area contributed by atoms with Gasteiger partial charge in [-0.3, -0.25) is 14.9 Å². The number of likely N-dealkylation sites (N-methyl/N-ethyl adjacent to an activating group) is 1. The Morgan fingerprint density at radius 1 is 1.50 bits per heavy atom. The third-order valence-corrected chi connectivity index (χ3v) is 3.90. The van der Waals surface area contributed by atoms with E-state index in [0.717, 1.165) is 30.1 Å². The van der Waals surface area contributed by atoms with Crippen molar-refractivity contribution in [1.29, 1.82) is 0 Å². The zero-order chi connectivity index (χ0) is 14.7. The van der Waals surface area contributed by atoms with Gasteiger partial charge in [0.15, 0.2) is 5.13 Å². The number of hydrogen-bond donors (Lipinski definition) is 3. The van der Waals surface area contributed by atoms with Gasteiger partial charge in [0.25, 0.3) is 0 Å². The van der Waals surface area contributed by atoms with Gasteiger partial charge in [-0.2, -0.15) is 0 Å². The molecule has 2 heterocycles. The topological polar surface area (TPSA) is 94.6 Å². The van der Waals surface area contributed by atoms with Crippen molar-refractivity contribution in [3.05, 3.63) is 10.6 Å². The minimum absolute atomic E-state index is 0.0470. The average Bonchev–Trinajstić information content (AvgIpc) is 2.76. The lowest BCUT2D eigenvalue weighted by Gasteiger charge is -2.20. The number of carbonyl (C=O) groups excluding carboxylic acids is 2. The number of fused-ring (bicyclic) bond motifs is 1. The number of carbonyl (C=O) groups is 2. The highest BCUT2D eigenvalue weighted by Crippen LogP contribution is 2.27. The smallest absolute Gasteiger partial charge is 0.315 e. The van der Waals surface area contributed by atoms with Gasteiger partial charge in [-0.1, -0.05) is 0 Å². The van der Waals surface area contributed by atoms with Crippen molar-refractivity contribution in [2.45, 2.75) is 26.0 Å². The van der Waals surface area contributed by atoms with Crippen molar-refractivity contribution >= 4 is 28.3 Å². The SMILES string of the molecule is CC(O)CNC(=O)C(=O)Nc1nc2c(s1)CN(C)CC2. The third kappa shape index (κ3) is 3.75. The Kier molecular flexibility index (Phi) is 4.69. The molecule has 7 nitrogen and oxygen atoms in total. The predicted molar refractivity (Wildman–Crippen MR) is 75.5 cm³/mol. The molecule has 0 saturated heterocycles. The maximum atomic E-state index is 11.7. The molecule has 0 bridgehead atoms. The highest BCUT2D eigenvalue weighted by atomic mass is 32.1. The fourth-order valence-corrected chi connectivity index (χ4v) is 2.93. The van der Waals surface area contributed by atoms with E-state index in [2.05, 4.69) is 20.5 Å². The Bertz CT molecular complexity index is 515. The van der Waals surface area contributed by atoms with Gasteiger partial charge < -0.3 is 15.3 Å². The van der Waals surface area contributed by atoms with Gasteiger partial charge in [-0.25, -0.2) is 4.98 Å². The van der Waals surface area contributed by atoms with Gasteiger partial charge in [-0.05, 0) is 14.0 Å². The Hall–Kier alpha value is -1.51. The van der Waals surface area contributed by atoms with E-state index < -0.39 is 17.9 Å². The molecule has 8 heteroatoms. The van der Waals surface area contributed by atoms with E-state index >= 15 is 0 Å². The van der Waals surface area contributed by atoms with Crippen LogP contribution in [0.25, 0.3) is 0 Å². The van der Waals surface area contributed by atoms with Gasteiger partial charge in [0.2, 0.25) is 0 Å². The summed E-state index contributed by atoms with van der Waals surface area (Å²) in [5, 5.41) is 14.3. The van der Waals surface area contributed by atoms with Crippen molar-refractivity contribution < 1.29 is 14.7 Å². The highest BCUT2D eigenvalue weighted by molar-refractivity contribution is 7.16. The van der Waals surface area contributed by atoms with E-state index in [0.29, 0.717) is 5.13 Å². The molecule has 1 atom stereocenters. The Morgan fingerprint density at radius 2 is 2.25 bits per heavy atom. The summed E-state index contributed by atoms with van der Waals surface area (Å²) in [6, 6.07) is 0. The molecule has 0 fully saturated rings. The molecule has 20 heavy (non-hydrogen) atoms. The monoisotopic (exact) mass is 298 g/mol. The Balaban J connectivity index is 1.93. The molecule has 0 radical (unpaired) electrons. The molecule has 2 amide bonds. The largest absolute Gasteiger partial charge is 0.392 e. The van der Waals surface area contributed by atoms with Gasteiger partial charge in [0.1, 0.15) is 0 Å². The molecule has 0 saturated carbocycles. The van der Waals surface area contributed by atoms with Crippen LogP contribution in [0.4, 0.5) is 5.13 Å². The minimum atomic E-state index is -0.767. The molecule has 0 aliphatic carbocycles. The second kappa shape index (κ2) is 6.29. The molecular formula is C12H18N4O3S. The van der Waals surface area contributed by atoms with Gasteiger partial charge in [0, 0.05) is 30.9 Å². The van der Waals surface area contributed by atoms with E-state index in [9.17, 15) is 9.59 Å². The molecule has 1 unspecified atom stereocenters. The minimum Gasteiger partial charge on any atom is -0.392 e. The molecular weight excluding hydrogens is 280 g/mol. The molecule has 1 aliphatic heterocycles. The van der Waals surface area contributed by atoms with Crippen LogP contribution in [-0.4, -0.2) is 53.0 Å². The van der Waals surface area contributed by atoms with Crippen LogP contribution in [0.2, 0.25) is 0 Å². The van der Waals surface area contributed by atoms with Crippen molar-refractivity contribution in [2.24, 2.45) is 0 Å². The number of aliphatic hydroxyl groups excluding tert-OH is 1. The van der Waals surface area contributed by atoms with Crippen molar-refractivity contribution in [3.63, 3.8) is 0 Å². The van der Waals surface area contributed by atoms with E-state index in [1.165, 1.54) is 18.3 Å². The number of thiazole rings is 1. The molecule has 0 spiro atoms. The van der Waals surface area contributed by atoms with Crippen LogP contribution in [0.5, 0.6) is 0 Å². The lowest BCUT2D eigenvalue weighted by atomic mass is 10.2. The second-order valence-corrected chi connectivity index (χ2v) is 5.97. The maximum absolute atomic E-state index is 11.7. The van der Waals surface area contributed by atoms with Crippen LogP contribution in [0.15, 0.2) is 0 Å². The summed E-state index contributed by atoms with van der Waals surface area (Å²) in [6.07, 6.45) is 0.168. The van der Waals surface area contributed by atoms with Crippen molar-refractivity contribution in [2.75, 3.05) is 25.5 Å². The van der Waals surface area contributed by atoms with Gasteiger partial charge in [-0.15, -0.1) is 11.3 Å². The van der Waals surface area contributed by atoms with Crippen molar-refractivity contribution in [3.8, 4) is 0 Å². The molecule has 2 rings (SSSR count). The first-order valence-electron chi connectivity index (χ1n) is 6.40. The predicted octanol–water partition coefficient (Wildman–Crippen LogP) is -0.433. The number of nitrogens with one attached hydrogen (secondary N) is 2. The van der Waals surface area contributed by atoms with Crippen LogP contribution in [0.1, 0.15) is 17.5 Å². The van der Waals surface area contributed by atoms with Crippen LogP contribution < -0.4 is 10.6 Å². The number of nitrogens with zero attached hydrogens (tertiary/aromatic N) is 2. The molecule has 0 aromatic carbocycles. The van der Waals surface area contributed by atoms with Crippen LogP contribution in [0, 0.1) is 0 Å². The third-order valence-electron chi connectivity index (χ3n) is 2.91. The van der Waals surface area contributed by atoms with Crippen LogP contribution >= 0.6 is 11.3 Å². The molecule has 1 aliphatic rings. The standard InChI is InChI=1S/C12H18N4O3S/c1-7(17)5-13-10(18)11(19)15-12-14-8-3-4-16(2)6-9(8)20-12/h7,17H,3-6H2,1-2H3,(H,13,18)(H,14,15,19). The van der Waals surface area contributed by atoms with Gasteiger partial charge in [0.05, 0.1) is 11.8 Å². The molecule has 3 N–H and O–H groups in total. The van der Waals surface area contributed by atoms with Crippen LogP contribution in [-0.2, 0) is 22.6 Å². The summed E-state index contributed by atoms with van der Waals surface area (Å²) in [5.41, 5.74) is 0.993. The highest BCUT2D eigenvalue weighted by Gasteiger charge is 2.21. The fraction of sp³-hybridized carbons (Fsp3) is 0.583. The molecule has 1 aromatic rings.